The topological polar surface area (TPSA) is 79.8 Å². The molecule has 0 aliphatic heterocycles. The molecule has 4 rings (SSSR count). The molecule has 0 aliphatic rings. The van der Waals surface area contributed by atoms with Crippen LogP contribution in [0.3, 0.4) is 0 Å². The molecule has 0 unspecified atom stereocenters. The Morgan fingerprint density at radius 1 is 1.00 bits per heavy atom. The van der Waals surface area contributed by atoms with Crippen molar-refractivity contribution in [2.75, 3.05) is 0 Å². The van der Waals surface area contributed by atoms with Crippen LogP contribution in [0.2, 0.25) is 0 Å². The van der Waals surface area contributed by atoms with Gasteiger partial charge in [0.15, 0.2) is 0 Å². The number of rotatable bonds is 6. The molecule has 0 radical (unpaired) electrons. The maximum atomic E-state index is 12.4. The van der Waals surface area contributed by atoms with Crippen LogP contribution in [0.15, 0.2) is 41.2 Å². The number of aromatic nitrogens is 6. The van der Waals surface area contributed by atoms with E-state index in [-0.39, 0.29) is 5.69 Å². The molecule has 4 aromatic rings. The molecule has 166 valence electrons. The van der Waals surface area contributed by atoms with Crippen LogP contribution >= 0.6 is 0 Å². The lowest BCUT2D eigenvalue weighted by molar-refractivity contribution is 0.302. The second kappa shape index (κ2) is 8.45. The van der Waals surface area contributed by atoms with Crippen molar-refractivity contribution in [3.8, 4) is 17.1 Å². The lowest BCUT2D eigenvalue weighted by Gasteiger charge is -2.16. The Balaban J connectivity index is 1.65. The number of benzene rings is 2. The van der Waals surface area contributed by atoms with Crippen molar-refractivity contribution in [1.82, 2.24) is 29.6 Å². The van der Waals surface area contributed by atoms with Crippen molar-refractivity contribution in [2.24, 2.45) is 7.05 Å². The van der Waals surface area contributed by atoms with Gasteiger partial charge in [0.05, 0.1) is 17.1 Å². The van der Waals surface area contributed by atoms with Gasteiger partial charge in [0.2, 0.25) is 0 Å². The van der Waals surface area contributed by atoms with Gasteiger partial charge in [-0.2, -0.15) is 14.5 Å². The zero-order valence-corrected chi connectivity index (χ0v) is 19.4. The monoisotopic (exact) mass is 432 g/mol. The Morgan fingerprint density at radius 2 is 1.78 bits per heavy atom. The number of hydrogen-bond acceptors (Lipinski definition) is 5. The molecule has 2 heterocycles. The third-order valence-electron chi connectivity index (χ3n) is 6.01. The van der Waals surface area contributed by atoms with Crippen molar-refractivity contribution in [3.63, 3.8) is 0 Å². The van der Waals surface area contributed by atoms with Gasteiger partial charge in [0, 0.05) is 18.3 Å². The molecule has 0 saturated heterocycles. The van der Waals surface area contributed by atoms with E-state index in [1.54, 1.807) is 7.05 Å². The predicted molar refractivity (Wildman–Crippen MR) is 123 cm³/mol. The predicted octanol–water partition coefficient (Wildman–Crippen LogP) is 3.53. The summed E-state index contributed by atoms with van der Waals surface area (Å²) in [5.41, 5.74) is 7.81. The van der Waals surface area contributed by atoms with Gasteiger partial charge >= 0.3 is 5.69 Å². The molecule has 32 heavy (non-hydrogen) atoms. The summed E-state index contributed by atoms with van der Waals surface area (Å²) in [4.78, 5) is 12.4. The minimum atomic E-state index is -0.291. The van der Waals surface area contributed by atoms with Gasteiger partial charge in [0.1, 0.15) is 12.4 Å². The van der Waals surface area contributed by atoms with Gasteiger partial charge in [-0.3, -0.25) is 0 Å². The number of ether oxygens (including phenoxy) is 1. The van der Waals surface area contributed by atoms with Gasteiger partial charge in [-0.1, -0.05) is 19.1 Å². The lowest BCUT2D eigenvalue weighted by Crippen LogP contribution is -2.23. The summed E-state index contributed by atoms with van der Waals surface area (Å²) >= 11 is 0. The largest absolute Gasteiger partial charge is 0.489 e. The second-order valence-corrected chi connectivity index (χ2v) is 8.01. The van der Waals surface area contributed by atoms with E-state index in [4.69, 9.17) is 4.74 Å². The molecule has 8 heteroatoms. The smallest absolute Gasteiger partial charge is 0.368 e. The molecule has 8 nitrogen and oxygen atoms in total. The second-order valence-electron chi connectivity index (χ2n) is 8.01. The molecule has 2 aromatic carbocycles. The van der Waals surface area contributed by atoms with Gasteiger partial charge in [-0.05, 0) is 85.5 Å². The summed E-state index contributed by atoms with van der Waals surface area (Å²) in [6.07, 6.45) is 0.816. The van der Waals surface area contributed by atoms with Crippen LogP contribution in [0, 0.1) is 27.7 Å². The molecule has 0 amide bonds. The number of aryl methyl sites for hydroxylation is 4. The van der Waals surface area contributed by atoms with Crippen molar-refractivity contribution in [2.45, 2.75) is 47.6 Å². The first kappa shape index (κ1) is 21.5. The highest BCUT2D eigenvalue weighted by Gasteiger charge is 2.16. The highest BCUT2D eigenvalue weighted by atomic mass is 16.5. The summed E-state index contributed by atoms with van der Waals surface area (Å²) in [7, 11) is 1.58. The molecule has 0 bridgehead atoms. The van der Waals surface area contributed by atoms with E-state index in [1.807, 2.05) is 48.9 Å². The minimum absolute atomic E-state index is 0.291. The Morgan fingerprint density at radius 3 is 2.38 bits per heavy atom. The van der Waals surface area contributed by atoms with Gasteiger partial charge in [0.25, 0.3) is 0 Å². The fourth-order valence-electron chi connectivity index (χ4n) is 3.83. The van der Waals surface area contributed by atoms with E-state index in [9.17, 15) is 4.79 Å². The molecule has 0 aliphatic carbocycles. The zero-order chi connectivity index (χ0) is 23.0. The van der Waals surface area contributed by atoms with E-state index in [0.29, 0.717) is 12.3 Å². The molecular weight excluding hydrogens is 404 g/mol. The van der Waals surface area contributed by atoms with Gasteiger partial charge < -0.3 is 4.74 Å². The summed E-state index contributed by atoms with van der Waals surface area (Å²) in [5, 5.41) is 12.5. The van der Waals surface area contributed by atoms with Crippen LogP contribution < -0.4 is 10.4 Å². The summed E-state index contributed by atoms with van der Waals surface area (Å²) < 4.78 is 10.7. The van der Waals surface area contributed by atoms with Crippen LogP contribution in [-0.2, 0) is 20.1 Å². The molecule has 0 fully saturated rings. The molecule has 2 aromatic heterocycles. The highest BCUT2D eigenvalue weighted by Crippen LogP contribution is 2.26. The first-order valence-electron chi connectivity index (χ1n) is 10.7. The summed E-state index contributed by atoms with van der Waals surface area (Å²) in [6.45, 7) is 10.6. The number of hydrogen-bond donors (Lipinski definition) is 0. The van der Waals surface area contributed by atoms with E-state index >= 15 is 0 Å². The normalized spacial score (nSPS) is 11.2. The van der Waals surface area contributed by atoms with Crippen LogP contribution in [0.25, 0.3) is 11.4 Å². The van der Waals surface area contributed by atoms with E-state index in [2.05, 4.69) is 42.4 Å². The van der Waals surface area contributed by atoms with Gasteiger partial charge in [-0.25, -0.2) is 9.48 Å². The van der Waals surface area contributed by atoms with E-state index in [1.165, 1.54) is 14.9 Å². The number of tetrazole rings is 1. The average molecular weight is 433 g/mol. The molecule has 0 N–H and O–H groups in total. The zero-order valence-electron chi connectivity index (χ0n) is 19.4. The van der Waals surface area contributed by atoms with E-state index in [0.717, 1.165) is 45.9 Å². The molecule has 0 saturated carbocycles. The van der Waals surface area contributed by atoms with Crippen molar-refractivity contribution in [1.29, 1.82) is 0 Å². The van der Waals surface area contributed by atoms with Crippen LogP contribution in [-0.4, -0.2) is 29.6 Å². The van der Waals surface area contributed by atoms with Crippen LogP contribution in [0.1, 0.15) is 40.6 Å². The van der Waals surface area contributed by atoms with Crippen molar-refractivity contribution < 1.29 is 4.74 Å². The Bertz CT molecular complexity index is 1350. The highest BCUT2D eigenvalue weighted by molar-refractivity contribution is 5.47. The van der Waals surface area contributed by atoms with Crippen molar-refractivity contribution in [3.05, 3.63) is 80.5 Å². The maximum absolute atomic E-state index is 12.4. The van der Waals surface area contributed by atoms with Crippen LogP contribution in [0.5, 0.6) is 5.75 Å². The molecular formula is C24H28N6O2. The average Bonchev–Trinajstić information content (AvgIpc) is 3.25. The third-order valence-corrected chi connectivity index (χ3v) is 6.01. The summed E-state index contributed by atoms with van der Waals surface area (Å²) in [6, 6.07) is 11.9. The fourth-order valence-corrected chi connectivity index (χ4v) is 3.83. The number of nitrogens with zero attached hydrogens (tertiary/aromatic N) is 6. The SMILES string of the molecule is CCc1cccc(-n2nnn(C)c2=O)c1COc1ccc(-n2nc(C)c(C)c2C)cc1C. The van der Waals surface area contributed by atoms with Crippen molar-refractivity contribution >= 4 is 0 Å². The standard InChI is InChI=1S/C24H28N6O2/c1-7-19-9-8-10-22(30-24(31)28(6)26-27-30)21(19)14-32-23-12-11-20(13-15(23)2)29-18(5)16(3)17(4)25-29/h8-13H,7,14H2,1-6H3. The minimum Gasteiger partial charge on any atom is -0.489 e. The lowest BCUT2D eigenvalue weighted by atomic mass is 10.0. The Labute approximate surface area is 187 Å². The van der Waals surface area contributed by atoms with Crippen LogP contribution in [0.4, 0.5) is 0 Å². The summed E-state index contributed by atoms with van der Waals surface area (Å²) in [5.74, 6) is 0.787. The van der Waals surface area contributed by atoms with Gasteiger partial charge in [-0.15, -0.1) is 0 Å². The molecule has 0 atom stereocenters. The quantitative estimate of drug-likeness (QED) is 0.466. The first-order chi connectivity index (χ1) is 15.3. The van der Waals surface area contributed by atoms with E-state index < -0.39 is 0 Å². The Kier molecular flexibility index (Phi) is 5.69. The Hall–Kier alpha value is -3.68. The maximum Gasteiger partial charge on any atom is 0.368 e. The molecule has 0 spiro atoms. The first-order valence-corrected chi connectivity index (χ1v) is 10.7. The fraction of sp³-hybridized carbons (Fsp3) is 0.333. The third kappa shape index (κ3) is 3.72.